The Labute approximate surface area is 192 Å². The highest BCUT2D eigenvalue weighted by Crippen LogP contribution is 2.38. The van der Waals surface area contributed by atoms with E-state index in [1.807, 2.05) is 31.2 Å². The third-order valence-corrected chi connectivity index (χ3v) is 6.20. The number of rotatable bonds is 8. The molecule has 0 aliphatic carbocycles. The molecule has 32 heavy (non-hydrogen) atoms. The molecule has 2 aromatic rings. The fraction of sp³-hybridized carbons (Fsp3) is 0.458. The first-order valence-corrected chi connectivity index (χ1v) is 11.1. The van der Waals surface area contributed by atoms with Crippen molar-refractivity contribution in [3.05, 3.63) is 53.1 Å². The molecule has 3 rings (SSSR count). The third kappa shape index (κ3) is 5.24. The van der Waals surface area contributed by atoms with Crippen LogP contribution < -0.4 is 4.74 Å². The fourth-order valence-electron chi connectivity index (χ4n) is 3.98. The van der Waals surface area contributed by atoms with Gasteiger partial charge in [0.25, 0.3) is 0 Å². The minimum atomic E-state index is -1.48. The van der Waals surface area contributed by atoms with Crippen LogP contribution in [0.3, 0.4) is 0 Å². The third-order valence-electron chi connectivity index (χ3n) is 5.87. The number of aliphatic carboxylic acids is 1. The van der Waals surface area contributed by atoms with Crippen LogP contribution in [0, 0.1) is 5.92 Å². The number of halogens is 1. The summed E-state index contributed by atoms with van der Waals surface area (Å²) in [5, 5.41) is 41.3. The second kappa shape index (κ2) is 10.6. The van der Waals surface area contributed by atoms with Crippen molar-refractivity contribution in [2.45, 2.75) is 57.2 Å². The molecule has 0 saturated carbocycles. The molecule has 2 aromatic carbocycles. The highest BCUT2D eigenvalue weighted by atomic mass is 35.5. The standard InChI is InChI=1S/C24H29ClO7/c1-3-13(24(29)30)12-19-20(26)21(27)22(28)23(32-19)15-7-10-18(25)17(11-15)14-5-8-16(9-6-14)31-4-2/h5-11,13,19-23,26-28H,3-4,12H2,1-2H3,(H,29,30)/t13?,19-,20-,21-,22-,23-/m1/s1. The zero-order valence-corrected chi connectivity index (χ0v) is 18.8. The van der Waals surface area contributed by atoms with Gasteiger partial charge in [0.2, 0.25) is 0 Å². The van der Waals surface area contributed by atoms with Crippen LogP contribution >= 0.6 is 11.6 Å². The number of benzene rings is 2. The van der Waals surface area contributed by atoms with E-state index < -0.39 is 42.4 Å². The predicted molar refractivity (Wildman–Crippen MR) is 120 cm³/mol. The van der Waals surface area contributed by atoms with E-state index in [2.05, 4.69) is 0 Å². The maximum absolute atomic E-state index is 11.4. The van der Waals surface area contributed by atoms with Crippen LogP contribution in [0.15, 0.2) is 42.5 Å². The summed E-state index contributed by atoms with van der Waals surface area (Å²) in [5.74, 6) is -0.995. The fourth-order valence-corrected chi connectivity index (χ4v) is 4.21. The quantitative estimate of drug-likeness (QED) is 0.473. The van der Waals surface area contributed by atoms with Crippen molar-refractivity contribution in [1.29, 1.82) is 0 Å². The lowest BCUT2D eigenvalue weighted by Gasteiger charge is -2.41. The lowest BCUT2D eigenvalue weighted by atomic mass is 9.86. The van der Waals surface area contributed by atoms with Crippen LogP contribution in [-0.2, 0) is 9.53 Å². The Balaban J connectivity index is 1.90. The molecule has 0 amide bonds. The molecule has 0 radical (unpaired) electrons. The summed E-state index contributed by atoms with van der Waals surface area (Å²) in [7, 11) is 0. The summed E-state index contributed by atoms with van der Waals surface area (Å²) in [5.41, 5.74) is 2.10. The van der Waals surface area contributed by atoms with Gasteiger partial charge < -0.3 is 29.9 Å². The van der Waals surface area contributed by atoms with Crippen molar-refractivity contribution in [3.8, 4) is 16.9 Å². The molecule has 1 fully saturated rings. The van der Waals surface area contributed by atoms with Gasteiger partial charge in [-0.3, -0.25) is 4.79 Å². The van der Waals surface area contributed by atoms with Crippen LogP contribution in [0.1, 0.15) is 38.4 Å². The molecule has 0 spiro atoms. The van der Waals surface area contributed by atoms with Gasteiger partial charge in [0, 0.05) is 10.6 Å². The molecule has 1 aliphatic heterocycles. The van der Waals surface area contributed by atoms with E-state index in [-0.39, 0.29) is 6.42 Å². The minimum absolute atomic E-state index is 0.0205. The average molecular weight is 465 g/mol. The summed E-state index contributed by atoms with van der Waals surface area (Å²) in [4.78, 5) is 11.4. The first-order chi connectivity index (χ1) is 15.3. The van der Waals surface area contributed by atoms with Gasteiger partial charge >= 0.3 is 5.97 Å². The van der Waals surface area contributed by atoms with Crippen LogP contribution in [0.2, 0.25) is 5.02 Å². The maximum atomic E-state index is 11.4. The number of aliphatic hydroxyl groups excluding tert-OH is 3. The second-order valence-electron chi connectivity index (χ2n) is 7.94. The smallest absolute Gasteiger partial charge is 0.306 e. The molecule has 1 saturated heterocycles. The average Bonchev–Trinajstić information content (AvgIpc) is 2.78. The van der Waals surface area contributed by atoms with Gasteiger partial charge in [0.1, 0.15) is 30.2 Å². The molecular formula is C24H29ClO7. The number of ether oxygens (including phenoxy) is 2. The Morgan fingerprint density at radius 3 is 2.34 bits per heavy atom. The molecule has 1 aliphatic rings. The van der Waals surface area contributed by atoms with Gasteiger partial charge in [-0.05, 0) is 55.2 Å². The van der Waals surface area contributed by atoms with Gasteiger partial charge in [-0.25, -0.2) is 0 Å². The van der Waals surface area contributed by atoms with Crippen LogP contribution in [-0.4, -0.2) is 57.4 Å². The Morgan fingerprint density at radius 1 is 1.06 bits per heavy atom. The summed E-state index contributed by atoms with van der Waals surface area (Å²) in [6.45, 7) is 4.20. The molecule has 4 N–H and O–H groups in total. The molecule has 0 bridgehead atoms. The maximum Gasteiger partial charge on any atom is 0.306 e. The molecular weight excluding hydrogens is 436 g/mol. The second-order valence-corrected chi connectivity index (χ2v) is 8.35. The summed E-state index contributed by atoms with van der Waals surface area (Å²) in [6.07, 6.45) is -5.78. The predicted octanol–water partition coefficient (Wildman–Crippen LogP) is 3.43. The summed E-state index contributed by atoms with van der Waals surface area (Å²) in [6, 6.07) is 12.5. The van der Waals surface area contributed by atoms with Crippen molar-refractivity contribution in [1.82, 2.24) is 0 Å². The van der Waals surface area contributed by atoms with Crippen LogP contribution in [0.25, 0.3) is 11.1 Å². The van der Waals surface area contributed by atoms with E-state index in [4.69, 9.17) is 21.1 Å². The molecule has 1 unspecified atom stereocenters. The lowest BCUT2D eigenvalue weighted by molar-refractivity contribution is -0.228. The van der Waals surface area contributed by atoms with E-state index in [0.29, 0.717) is 29.2 Å². The van der Waals surface area contributed by atoms with Gasteiger partial charge in [0.05, 0.1) is 18.6 Å². The van der Waals surface area contributed by atoms with Gasteiger partial charge in [-0.2, -0.15) is 0 Å². The van der Waals surface area contributed by atoms with Crippen molar-refractivity contribution in [2.24, 2.45) is 5.92 Å². The van der Waals surface area contributed by atoms with E-state index >= 15 is 0 Å². The van der Waals surface area contributed by atoms with Crippen molar-refractivity contribution in [2.75, 3.05) is 6.61 Å². The van der Waals surface area contributed by atoms with Crippen molar-refractivity contribution < 1.29 is 34.7 Å². The Bertz CT molecular complexity index is 917. The zero-order chi connectivity index (χ0) is 23.4. The lowest BCUT2D eigenvalue weighted by Crippen LogP contribution is -2.54. The number of carboxylic acids is 1. The summed E-state index contributed by atoms with van der Waals surface area (Å²) >= 11 is 6.42. The van der Waals surface area contributed by atoms with E-state index in [9.17, 15) is 25.2 Å². The molecule has 0 aromatic heterocycles. The molecule has 6 atom stereocenters. The van der Waals surface area contributed by atoms with E-state index in [0.717, 1.165) is 11.3 Å². The minimum Gasteiger partial charge on any atom is -0.494 e. The Morgan fingerprint density at radius 2 is 1.75 bits per heavy atom. The summed E-state index contributed by atoms with van der Waals surface area (Å²) < 4.78 is 11.4. The highest BCUT2D eigenvalue weighted by Gasteiger charge is 2.45. The normalized spacial score (nSPS) is 26.5. The zero-order valence-electron chi connectivity index (χ0n) is 18.0. The molecule has 174 valence electrons. The van der Waals surface area contributed by atoms with E-state index in [1.54, 1.807) is 25.1 Å². The molecule has 8 heteroatoms. The van der Waals surface area contributed by atoms with Gasteiger partial charge in [-0.1, -0.05) is 36.7 Å². The number of carbonyl (C=O) groups is 1. The van der Waals surface area contributed by atoms with Crippen LogP contribution in [0.5, 0.6) is 5.75 Å². The molecule has 7 nitrogen and oxygen atoms in total. The SMILES string of the molecule is CCOc1ccc(-c2cc([C@H]3O[C@H](CC(CC)C(=O)O)[C@@H](O)[C@@H](O)[C@H]3O)ccc2Cl)cc1. The van der Waals surface area contributed by atoms with Crippen molar-refractivity contribution in [3.63, 3.8) is 0 Å². The van der Waals surface area contributed by atoms with Gasteiger partial charge in [-0.15, -0.1) is 0 Å². The van der Waals surface area contributed by atoms with E-state index in [1.165, 1.54) is 0 Å². The van der Waals surface area contributed by atoms with Gasteiger partial charge in [0.15, 0.2) is 0 Å². The Hall–Kier alpha value is -2.16. The number of carboxylic acid groups (broad SMARTS) is 1. The first-order valence-electron chi connectivity index (χ1n) is 10.7. The highest BCUT2D eigenvalue weighted by molar-refractivity contribution is 6.33. The van der Waals surface area contributed by atoms with Crippen LogP contribution in [0.4, 0.5) is 0 Å². The monoisotopic (exact) mass is 464 g/mol. The molecule has 1 heterocycles. The number of hydrogen-bond donors (Lipinski definition) is 4. The van der Waals surface area contributed by atoms with Crippen molar-refractivity contribution >= 4 is 17.6 Å². The first kappa shape index (κ1) is 24.5. The Kier molecular flexibility index (Phi) is 8.14. The topological polar surface area (TPSA) is 116 Å². The number of hydrogen-bond acceptors (Lipinski definition) is 6. The number of aliphatic hydroxyl groups is 3. The largest absolute Gasteiger partial charge is 0.494 e.